The second kappa shape index (κ2) is 3.39. The van der Waals surface area contributed by atoms with E-state index in [0.717, 1.165) is 0 Å². The molecule has 0 amide bonds. The van der Waals surface area contributed by atoms with Gasteiger partial charge >= 0.3 is 0 Å². The van der Waals surface area contributed by atoms with E-state index in [4.69, 9.17) is 21.7 Å². The van der Waals surface area contributed by atoms with E-state index in [1.165, 1.54) is 0 Å². The number of rotatable bonds is 0. The topological polar surface area (TPSA) is 93.8 Å². The van der Waals surface area contributed by atoms with E-state index in [2.05, 4.69) is 15.5 Å². The molecule has 0 aliphatic carbocycles. The third-order valence-corrected chi connectivity index (χ3v) is 2.65. The van der Waals surface area contributed by atoms with Crippen LogP contribution < -0.4 is 15.6 Å². The Labute approximate surface area is 100 Å². The summed E-state index contributed by atoms with van der Waals surface area (Å²) in [5.41, 5.74) is 0.324. The van der Waals surface area contributed by atoms with Crippen molar-refractivity contribution in [3.63, 3.8) is 0 Å². The van der Waals surface area contributed by atoms with Crippen molar-refractivity contribution in [1.82, 2.24) is 10.2 Å². The summed E-state index contributed by atoms with van der Waals surface area (Å²) < 4.78 is 5.30. The number of ether oxygens (including phenoxy) is 1. The molecule has 1 aromatic carbocycles. The van der Waals surface area contributed by atoms with Crippen LogP contribution in [0.2, 0.25) is 5.02 Å². The summed E-state index contributed by atoms with van der Waals surface area (Å²) in [5.74, 6) is 0.625. The lowest BCUT2D eigenvalue weighted by Gasteiger charge is -2.07. The first-order chi connectivity index (χ1) is 8.15. The Bertz CT molecular complexity index is 673. The maximum Gasteiger partial charge on any atom is 0.278 e. The van der Waals surface area contributed by atoms with Crippen molar-refractivity contribution in [3.05, 3.63) is 39.1 Å². The largest absolute Gasteiger partial charge is 0.436 e. The number of nitrogens with one attached hydrogen (secondary N) is 4. The number of H-pyrrole nitrogens is 2. The van der Waals surface area contributed by atoms with Crippen molar-refractivity contribution in [2.45, 2.75) is 0 Å². The number of hydrogen-bond donors (Lipinski definition) is 4. The first kappa shape index (κ1) is 9.98. The minimum absolute atomic E-state index is 0.136. The highest BCUT2D eigenvalue weighted by molar-refractivity contribution is 6.31. The molecular formula is C10H7ClN4O2. The van der Waals surface area contributed by atoms with Crippen molar-refractivity contribution < 1.29 is 4.74 Å². The summed E-state index contributed by atoms with van der Waals surface area (Å²) in [6.07, 6.45) is 0. The predicted octanol–water partition coefficient (Wildman–Crippen LogP) is 1.82. The fourth-order valence-electron chi connectivity index (χ4n) is 1.65. The van der Waals surface area contributed by atoms with E-state index < -0.39 is 5.56 Å². The van der Waals surface area contributed by atoms with Gasteiger partial charge in [-0.2, -0.15) is 0 Å². The Balaban J connectivity index is 2.21. The third-order valence-electron chi connectivity index (χ3n) is 2.42. The van der Waals surface area contributed by atoms with Crippen LogP contribution >= 0.6 is 11.6 Å². The Hall–Kier alpha value is -2.21. The highest BCUT2D eigenvalue weighted by atomic mass is 35.5. The van der Waals surface area contributed by atoms with Gasteiger partial charge < -0.3 is 10.1 Å². The van der Waals surface area contributed by atoms with Crippen LogP contribution in [-0.2, 0) is 0 Å². The molecule has 4 N–H and O–H groups in total. The number of aromatic nitrogens is 2. The van der Waals surface area contributed by atoms with Crippen LogP contribution in [0.5, 0.6) is 5.75 Å². The van der Waals surface area contributed by atoms with Gasteiger partial charge in [0.2, 0.25) is 5.90 Å². The normalized spacial score (nSPS) is 13.1. The Morgan fingerprint density at radius 2 is 2.12 bits per heavy atom. The molecule has 1 aliphatic heterocycles. The summed E-state index contributed by atoms with van der Waals surface area (Å²) in [5, 5.41) is 16.2. The maximum absolute atomic E-state index is 11.5. The zero-order chi connectivity index (χ0) is 12.0. The summed E-state index contributed by atoms with van der Waals surface area (Å²) >= 11 is 5.87. The van der Waals surface area contributed by atoms with Crippen LogP contribution in [0.4, 0.5) is 11.5 Å². The number of anilines is 2. The molecule has 6 nitrogen and oxygen atoms in total. The monoisotopic (exact) mass is 250 g/mol. The molecule has 7 heteroatoms. The average molecular weight is 251 g/mol. The van der Waals surface area contributed by atoms with Gasteiger partial charge in [0.25, 0.3) is 5.56 Å². The number of benzene rings is 1. The van der Waals surface area contributed by atoms with Crippen molar-refractivity contribution in [2.75, 3.05) is 5.32 Å². The number of hydrogen-bond acceptors (Lipinski definition) is 4. The first-order valence-corrected chi connectivity index (χ1v) is 5.17. The van der Waals surface area contributed by atoms with Crippen molar-refractivity contribution in [2.24, 2.45) is 0 Å². The van der Waals surface area contributed by atoms with E-state index >= 15 is 0 Å². The standard InChI is InChI=1S/C10H7ClN4O2/c11-4-1-2-6-5(3-4)13-9-7(8(12)17-6)10(16)15-14-9/h1-3,12H,(H3,13,14,15,16). The lowest BCUT2D eigenvalue weighted by atomic mass is 10.3. The predicted molar refractivity (Wildman–Crippen MR) is 63.6 cm³/mol. The molecule has 0 spiro atoms. The third kappa shape index (κ3) is 1.50. The summed E-state index contributed by atoms with van der Waals surface area (Å²) in [7, 11) is 0. The smallest absolute Gasteiger partial charge is 0.278 e. The van der Waals surface area contributed by atoms with E-state index in [1.54, 1.807) is 18.2 Å². The van der Waals surface area contributed by atoms with Crippen LogP contribution in [0.25, 0.3) is 0 Å². The quantitative estimate of drug-likeness (QED) is 0.574. The molecule has 0 radical (unpaired) electrons. The van der Waals surface area contributed by atoms with E-state index in [9.17, 15) is 4.79 Å². The number of halogens is 1. The van der Waals surface area contributed by atoms with Gasteiger partial charge in [-0.3, -0.25) is 20.4 Å². The molecule has 86 valence electrons. The minimum Gasteiger partial charge on any atom is -0.436 e. The molecule has 0 bridgehead atoms. The first-order valence-electron chi connectivity index (χ1n) is 4.79. The highest BCUT2D eigenvalue weighted by Gasteiger charge is 2.23. The maximum atomic E-state index is 11.5. The van der Waals surface area contributed by atoms with Crippen LogP contribution in [0, 0.1) is 5.41 Å². The molecule has 3 rings (SSSR count). The van der Waals surface area contributed by atoms with Gasteiger partial charge in [-0.25, -0.2) is 0 Å². The Kier molecular flexibility index (Phi) is 1.99. The molecule has 2 heterocycles. The van der Waals surface area contributed by atoms with Crippen LogP contribution in [0.15, 0.2) is 23.0 Å². The second-order valence-corrected chi connectivity index (χ2v) is 3.96. The number of fused-ring (bicyclic) bond motifs is 2. The van der Waals surface area contributed by atoms with E-state index in [0.29, 0.717) is 22.3 Å². The van der Waals surface area contributed by atoms with E-state index in [1.807, 2.05) is 0 Å². The molecule has 1 aromatic heterocycles. The summed E-state index contributed by atoms with van der Waals surface area (Å²) in [6.45, 7) is 0. The summed E-state index contributed by atoms with van der Waals surface area (Å²) in [6, 6.07) is 4.95. The fourth-order valence-corrected chi connectivity index (χ4v) is 1.82. The molecule has 0 saturated carbocycles. The molecule has 0 atom stereocenters. The molecular weight excluding hydrogens is 244 g/mol. The van der Waals surface area contributed by atoms with Crippen molar-refractivity contribution in [3.8, 4) is 5.75 Å². The SMILES string of the molecule is N=C1Oc2ccc(Cl)cc2Nc2[nH][nH]c(=O)c21. The molecule has 0 fully saturated rings. The lowest BCUT2D eigenvalue weighted by Crippen LogP contribution is -2.16. The zero-order valence-electron chi connectivity index (χ0n) is 8.43. The van der Waals surface area contributed by atoms with Crippen LogP contribution in [0.3, 0.4) is 0 Å². The van der Waals surface area contributed by atoms with Crippen molar-refractivity contribution >= 4 is 29.0 Å². The zero-order valence-corrected chi connectivity index (χ0v) is 9.18. The Morgan fingerprint density at radius 1 is 1.29 bits per heavy atom. The van der Waals surface area contributed by atoms with Crippen molar-refractivity contribution in [1.29, 1.82) is 5.41 Å². The highest BCUT2D eigenvalue weighted by Crippen LogP contribution is 2.33. The van der Waals surface area contributed by atoms with Crippen LogP contribution in [-0.4, -0.2) is 16.1 Å². The number of aromatic amines is 2. The van der Waals surface area contributed by atoms with Gasteiger partial charge in [-0.05, 0) is 18.2 Å². The Morgan fingerprint density at radius 3 is 2.94 bits per heavy atom. The average Bonchev–Trinajstić information content (AvgIpc) is 2.56. The van der Waals surface area contributed by atoms with Gasteiger partial charge in [0.1, 0.15) is 11.4 Å². The molecule has 17 heavy (non-hydrogen) atoms. The van der Waals surface area contributed by atoms with Gasteiger partial charge in [0.05, 0.1) is 5.69 Å². The molecule has 2 aromatic rings. The summed E-state index contributed by atoms with van der Waals surface area (Å²) in [4.78, 5) is 11.5. The van der Waals surface area contributed by atoms with Gasteiger partial charge in [-0.15, -0.1) is 0 Å². The fraction of sp³-hybridized carbons (Fsp3) is 0. The van der Waals surface area contributed by atoms with E-state index in [-0.39, 0.29) is 11.5 Å². The van der Waals surface area contributed by atoms with Gasteiger partial charge in [-0.1, -0.05) is 11.6 Å². The minimum atomic E-state index is -0.406. The lowest BCUT2D eigenvalue weighted by molar-refractivity contribution is 0.552. The molecule has 1 aliphatic rings. The molecule has 0 saturated heterocycles. The van der Waals surface area contributed by atoms with Gasteiger partial charge in [0.15, 0.2) is 5.75 Å². The van der Waals surface area contributed by atoms with Gasteiger partial charge in [0, 0.05) is 5.02 Å². The molecule has 0 unspecified atom stereocenters. The second-order valence-electron chi connectivity index (χ2n) is 3.53. The van der Waals surface area contributed by atoms with Crippen LogP contribution in [0.1, 0.15) is 5.56 Å².